The maximum atomic E-state index is 13.3. The molecule has 0 aromatic heterocycles. The molecule has 2 amide bonds. The number of carbonyl (C=O) groups excluding carboxylic acids is 2. The fraction of sp³-hybridized carbons (Fsp3) is 0.222. The fourth-order valence-electron chi connectivity index (χ4n) is 2.02. The lowest BCUT2D eigenvalue weighted by Crippen LogP contribution is -2.35. The van der Waals surface area contributed by atoms with Crippen LogP contribution in [0, 0.1) is 5.82 Å². The third kappa shape index (κ3) is 6.20. The minimum absolute atomic E-state index is 0.0579. The van der Waals surface area contributed by atoms with Gasteiger partial charge in [-0.3, -0.25) is 9.59 Å². The number of nitrogens with one attached hydrogen (secondary N) is 2. The topological polar surface area (TPSA) is 67.4 Å². The summed E-state index contributed by atoms with van der Waals surface area (Å²) >= 11 is 11.7. The summed E-state index contributed by atoms with van der Waals surface area (Å²) in [6.45, 7) is 0.562. The summed E-state index contributed by atoms with van der Waals surface area (Å²) in [6, 6.07) is 10.5. The van der Waals surface area contributed by atoms with Crippen LogP contribution in [0.5, 0.6) is 5.75 Å². The molecule has 2 rings (SSSR count). The Labute approximate surface area is 160 Å². The lowest BCUT2D eigenvalue weighted by Gasteiger charge is -2.09. The Bertz CT molecular complexity index is 787. The largest absolute Gasteiger partial charge is 0.490 e. The quantitative estimate of drug-likeness (QED) is 0.669. The van der Waals surface area contributed by atoms with Crippen molar-refractivity contribution in [2.75, 3.05) is 19.7 Å². The van der Waals surface area contributed by atoms with Gasteiger partial charge in [-0.05, 0) is 30.3 Å². The van der Waals surface area contributed by atoms with Crippen LogP contribution < -0.4 is 15.4 Å². The number of benzene rings is 2. The average Bonchev–Trinajstić information content (AvgIpc) is 2.62. The maximum absolute atomic E-state index is 13.3. The van der Waals surface area contributed by atoms with E-state index in [-0.39, 0.29) is 43.7 Å². The molecule has 0 saturated heterocycles. The molecule has 0 saturated carbocycles. The number of ether oxygens (including phenoxy) is 1. The molecule has 0 bridgehead atoms. The highest BCUT2D eigenvalue weighted by molar-refractivity contribution is 6.42. The second kappa shape index (κ2) is 9.99. The highest BCUT2D eigenvalue weighted by Crippen LogP contribution is 2.22. The first-order valence-electron chi connectivity index (χ1n) is 7.84. The van der Waals surface area contributed by atoms with Crippen LogP contribution in [0.25, 0.3) is 0 Å². The molecule has 138 valence electrons. The smallest absolute Gasteiger partial charge is 0.251 e. The Morgan fingerprint density at radius 1 is 1.00 bits per heavy atom. The number of carbonyl (C=O) groups is 2. The molecule has 5 nitrogen and oxygen atoms in total. The molecular weight excluding hydrogens is 382 g/mol. The van der Waals surface area contributed by atoms with Crippen LogP contribution in [0.4, 0.5) is 4.39 Å². The molecule has 0 fully saturated rings. The summed E-state index contributed by atoms with van der Waals surface area (Å²) < 4.78 is 18.5. The van der Waals surface area contributed by atoms with E-state index in [1.165, 1.54) is 24.3 Å². The van der Waals surface area contributed by atoms with Crippen LogP contribution in [-0.2, 0) is 4.79 Å². The third-order valence-electron chi connectivity index (χ3n) is 3.34. The predicted octanol–water partition coefficient (Wildman–Crippen LogP) is 3.45. The van der Waals surface area contributed by atoms with E-state index in [9.17, 15) is 14.0 Å². The molecule has 0 aliphatic heterocycles. The van der Waals surface area contributed by atoms with Gasteiger partial charge >= 0.3 is 0 Å². The van der Waals surface area contributed by atoms with Crippen LogP contribution in [0.15, 0.2) is 42.5 Å². The molecule has 0 heterocycles. The van der Waals surface area contributed by atoms with E-state index in [0.717, 1.165) is 0 Å². The van der Waals surface area contributed by atoms with E-state index in [1.807, 2.05) is 0 Å². The van der Waals surface area contributed by atoms with Gasteiger partial charge in [0.2, 0.25) is 5.91 Å². The van der Waals surface area contributed by atoms with Crippen molar-refractivity contribution in [2.24, 2.45) is 0 Å². The number of rotatable bonds is 8. The van der Waals surface area contributed by atoms with Gasteiger partial charge in [0.25, 0.3) is 5.91 Å². The van der Waals surface area contributed by atoms with Gasteiger partial charge in [-0.25, -0.2) is 4.39 Å². The second-order valence-corrected chi connectivity index (χ2v) is 6.08. The number of para-hydroxylation sites is 1. The Balaban J connectivity index is 1.63. The van der Waals surface area contributed by atoms with Gasteiger partial charge in [0.15, 0.2) is 11.6 Å². The van der Waals surface area contributed by atoms with Crippen molar-refractivity contribution in [1.29, 1.82) is 0 Å². The molecule has 0 spiro atoms. The molecule has 2 aromatic carbocycles. The van der Waals surface area contributed by atoms with Crippen molar-refractivity contribution in [1.82, 2.24) is 10.6 Å². The van der Waals surface area contributed by atoms with Gasteiger partial charge in [-0.15, -0.1) is 0 Å². The van der Waals surface area contributed by atoms with Gasteiger partial charge in [0, 0.05) is 18.7 Å². The predicted molar refractivity (Wildman–Crippen MR) is 98.3 cm³/mol. The summed E-state index contributed by atoms with van der Waals surface area (Å²) in [5.74, 6) is -0.946. The van der Waals surface area contributed by atoms with E-state index in [0.29, 0.717) is 15.6 Å². The summed E-state index contributed by atoms with van der Waals surface area (Å²) in [4.78, 5) is 23.6. The van der Waals surface area contributed by atoms with E-state index < -0.39 is 5.82 Å². The van der Waals surface area contributed by atoms with Crippen molar-refractivity contribution < 1.29 is 18.7 Å². The highest BCUT2D eigenvalue weighted by Gasteiger charge is 2.08. The van der Waals surface area contributed by atoms with Gasteiger partial charge in [0.05, 0.1) is 23.1 Å². The van der Waals surface area contributed by atoms with Gasteiger partial charge < -0.3 is 15.4 Å². The lowest BCUT2D eigenvalue weighted by atomic mass is 10.2. The zero-order valence-electron chi connectivity index (χ0n) is 13.7. The van der Waals surface area contributed by atoms with Crippen LogP contribution in [0.2, 0.25) is 10.0 Å². The normalized spacial score (nSPS) is 10.3. The molecule has 0 aliphatic rings. The van der Waals surface area contributed by atoms with Crippen molar-refractivity contribution >= 4 is 35.0 Å². The van der Waals surface area contributed by atoms with Crippen LogP contribution >= 0.6 is 23.2 Å². The zero-order chi connectivity index (χ0) is 18.9. The fourth-order valence-corrected chi connectivity index (χ4v) is 2.32. The molecule has 0 unspecified atom stereocenters. The van der Waals surface area contributed by atoms with E-state index in [2.05, 4.69) is 10.6 Å². The average molecular weight is 399 g/mol. The molecule has 26 heavy (non-hydrogen) atoms. The number of hydrogen-bond donors (Lipinski definition) is 2. The summed E-state index contributed by atoms with van der Waals surface area (Å²) in [5.41, 5.74) is 0.379. The molecule has 2 N–H and O–H groups in total. The minimum Gasteiger partial charge on any atom is -0.490 e. The van der Waals surface area contributed by atoms with E-state index in [4.69, 9.17) is 27.9 Å². The van der Waals surface area contributed by atoms with Crippen molar-refractivity contribution in [3.05, 3.63) is 63.9 Å². The lowest BCUT2D eigenvalue weighted by molar-refractivity contribution is -0.121. The van der Waals surface area contributed by atoms with E-state index >= 15 is 0 Å². The van der Waals surface area contributed by atoms with Gasteiger partial charge in [0.1, 0.15) is 0 Å². The highest BCUT2D eigenvalue weighted by atomic mass is 35.5. The molecule has 0 atom stereocenters. The van der Waals surface area contributed by atoms with Crippen LogP contribution in [0.3, 0.4) is 0 Å². The molecular formula is C18H17Cl2FN2O3. The molecule has 0 aliphatic carbocycles. The number of halogens is 3. The van der Waals surface area contributed by atoms with E-state index in [1.54, 1.807) is 18.2 Å². The van der Waals surface area contributed by atoms with Gasteiger partial charge in [-0.1, -0.05) is 35.3 Å². The van der Waals surface area contributed by atoms with Gasteiger partial charge in [-0.2, -0.15) is 0 Å². The Morgan fingerprint density at radius 2 is 1.73 bits per heavy atom. The van der Waals surface area contributed by atoms with Crippen molar-refractivity contribution in [3.63, 3.8) is 0 Å². The SMILES string of the molecule is O=C(CCOc1ccccc1F)NCCNC(=O)c1ccc(Cl)c(Cl)c1. The first-order chi connectivity index (χ1) is 12.5. The van der Waals surface area contributed by atoms with Crippen molar-refractivity contribution in [2.45, 2.75) is 6.42 Å². The zero-order valence-corrected chi connectivity index (χ0v) is 15.2. The standard InChI is InChI=1S/C18H17Cl2FN2O3/c19-13-6-5-12(11-14(13)20)18(25)23-9-8-22-17(24)7-10-26-16-4-2-1-3-15(16)21/h1-6,11H,7-10H2,(H,22,24)(H,23,25). The molecule has 0 radical (unpaired) electrons. The van der Waals surface area contributed by atoms with Crippen LogP contribution in [-0.4, -0.2) is 31.5 Å². The van der Waals surface area contributed by atoms with Crippen molar-refractivity contribution in [3.8, 4) is 5.75 Å². The second-order valence-electron chi connectivity index (χ2n) is 5.26. The monoisotopic (exact) mass is 398 g/mol. The van der Waals surface area contributed by atoms with Crippen LogP contribution in [0.1, 0.15) is 16.8 Å². The number of hydrogen-bond acceptors (Lipinski definition) is 3. The Kier molecular flexibility index (Phi) is 7.69. The first kappa shape index (κ1) is 20.0. The molecule has 2 aromatic rings. The third-order valence-corrected chi connectivity index (χ3v) is 4.08. The summed E-state index contributed by atoms with van der Waals surface area (Å²) in [5, 5.41) is 5.95. The number of amides is 2. The summed E-state index contributed by atoms with van der Waals surface area (Å²) in [7, 11) is 0. The maximum Gasteiger partial charge on any atom is 0.251 e. The Morgan fingerprint density at radius 3 is 2.46 bits per heavy atom. The minimum atomic E-state index is -0.474. The first-order valence-corrected chi connectivity index (χ1v) is 8.60. The summed E-state index contributed by atoms with van der Waals surface area (Å²) in [6.07, 6.45) is 0.0784. The molecule has 8 heteroatoms. The Hall–Kier alpha value is -2.31.